The molecule has 1 aromatic rings. The highest BCUT2D eigenvalue weighted by molar-refractivity contribution is 5.78. The Morgan fingerprint density at radius 3 is 2.62 bits per heavy atom. The molecule has 16 heavy (non-hydrogen) atoms. The fraction of sp³-hybridized carbons (Fsp3) is 0.462. The first-order valence-corrected chi connectivity index (χ1v) is 5.37. The first-order chi connectivity index (χ1) is 7.33. The number of hydrogen-bond acceptors (Lipinski definition) is 3. The van der Waals surface area contributed by atoms with Gasteiger partial charge in [0.1, 0.15) is 11.5 Å². The van der Waals surface area contributed by atoms with Gasteiger partial charge in [0.25, 0.3) is 0 Å². The molecular formula is C13H16O3. The minimum absolute atomic E-state index is 0.206. The van der Waals surface area contributed by atoms with Crippen LogP contribution in [0.5, 0.6) is 11.5 Å². The van der Waals surface area contributed by atoms with E-state index in [-0.39, 0.29) is 11.4 Å². The molecule has 0 spiro atoms. The topological polar surface area (TPSA) is 46.5 Å². The van der Waals surface area contributed by atoms with Gasteiger partial charge < -0.3 is 9.84 Å². The molecule has 1 heterocycles. The van der Waals surface area contributed by atoms with Crippen molar-refractivity contribution in [2.24, 2.45) is 0 Å². The number of carbonyl (C=O) groups excluding carboxylic acids is 1. The van der Waals surface area contributed by atoms with E-state index in [1.807, 2.05) is 20.8 Å². The average Bonchev–Trinajstić information content (AvgIpc) is 2.11. The van der Waals surface area contributed by atoms with Gasteiger partial charge in [-0.1, -0.05) is 13.8 Å². The standard InChI is InChI=1S/C13H16O3/c1-7-5-9-11(8(2)12(7)15)13(3,4)6-10(14)16-9/h5,15H,6H2,1-4H3. The van der Waals surface area contributed by atoms with Gasteiger partial charge in [-0.25, -0.2) is 0 Å². The van der Waals surface area contributed by atoms with E-state index in [1.54, 1.807) is 13.0 Å². The number of rotatable bonds is 0. The number of fused-ring (bicyclic) bond motifs is 1. The maximum absolute atomic E-state index is 11.5. The van der Waals surface area contributed by atoms with Gasteiger partial charge >= 0.3 is 5.97 Å². The summed E-state index contributed by atoms with van der Waals surface area (Å²) in [5.74, 6) is 0.681. The second kappa shape index (κ2) is 3.24. The molecule has 2 rings (SSSR count). The summed E-state index contributed by atoms with van der Waals surface area (Å²) in [5, 5.41) is 9.92. The van der Waals surface area contributed by atoms with Crippen LogP contribution in [0.25, 0.3) is 0 Å². The highest BCUT2D eigenvalue weighted by Gasteiger charge is 2.36. The van der Waals surface area contributed by atoms with E-state index in [0.29, 0.717) is 17.9 Å². The molecule has 0 bridgehead atoms. The fourth-order valence-electron chi connectivity index (χ4n) is 2.47. The highest BCUT2D eigenvalue weighted by Crippen LogP contribution is 2.44. The molecule has 1 N–H and O–H groups in total. The van der Waals surface area contributed by atoms with Crippen molar-refractivity contribution in [1.82, 2.24) is 0 Å². The van der Waals surface area contributed by atoms with Crippen molar-refractivity contribution in [2.45, 2.75) is 39.5 Å². The number of phenols is 1. The van der Waals surface area contributed by atoms with Gasteiger partial charge in [-0.2, -0.15) is 0 Å². The zero-order chi connectivity index (χ0) is 12.1. The predicted octanol–water partition coefficient (Wildman–Crippen LogP) is 2.60. The van der Waals surface area contributed by atoms with E-state index in [0.717, 1.165) is 16.7 Å². The van der Waals surface area contributed by atoms with Crippen LogP contribution < -0.4 is 4.74 Å². The second-order valence-corrected chi connectivity index (χ2v) is 5.07. The second-order valence-electron chi connectivity index (χ2n) is 5.07. The molecule has 0 fully saturated rings. The van der Waals surface area contributed by atoms with Crippen LogP contribution in [0.1, 0.15) is 37.0 Å². The molecule has 0 unspecified atom stereocenters. The first kappa shape index (κ1) is 11.0. The van der Waals surface area contributed by atoms with Crippen LogP contribution in [0, 0.1) is 13.8 Å². The molecule has 3 nitrogen and oxygen atoms in total. The number of phenolic OH excluding ortho intramolecular Hbond substituents is 1. The molecule has 86 valence electrons. The van der Waals surface area contributed by atoms with E-state index in [9.17, 15) is 9.90 Å². The van der Waals surface area contributed by atoms with Gasteiger partial charge in [0, 0.05) is 11.0 Å². The fourth-order valence-corrected chi connectivity index (χ4v) is 2.47. The Hall–Kier alpha value is -1.51. The maximum Gasteiger partial charge on any atom is 0.312 e. The summed E-state index contributed by atoms with van der Waals surface area (Å²) in [7, 11) is 0. The van der Waals surface area contributed by atoms with Crippen molar-refractivity contribution in [3.05, 3.63) is 22.8 Å². The Morgan fingerprint density at radius 1 is 1.38 bits per heavy atom. The Kier molecular flexibility index (Phi) is 2.22. The van der Waals surface area contributed by atoms with Crippen LogP contribution >= 0.6 is 0 Å². The summed E-state index contributed by atoms with van der Waals surface area (Å²) in [4.78, 5) is 11.5. The molecule has 0 saturated carbocycles. The van der Waals surface area contributed by atoms with Crippen LogP contribution in [0.3, 0.4) is 0 Å². The van der Waals surface area contributed by atoms with Crippen molar-refractivity contribution in [3.8, 4) is 11.5 Å². The SMILES string of the molecule is Cc1cc2c(c(C)c1O)C(C)(C)CC(=O)O2. The Labute approximate surface area is 95.0 Å². The summed E-state index contributed by atoms with van der Waals surface area (Å²) in [6.45, 7) is 7.65. The lowest BCUT2D eigenvalue weighted by Gasteiger charge is -2.33. The summed E-state index contributed by atoms with van der Waals surface area (Å²) in [6.07, 6.45) is 0.351. The van der Waals surface area contributed by atoms with E-state index < -0.39 is 0 Å². The van der Waals surface area contributed by atoms with E-state index >= 15 is 0 Å². The average molecular weight is 220 g/mol. The summed E-state index contributed by atoms with van der Waals surface area (Å²) >= 11 is 0. The molecule has 0 aromatic heterocycles. The third kappa shape index (κ3) is 1.47. The number of carbonyl (C=O) groups is 1. The van der Waals surface area contributed by atoms with Crippen LogP contribution in [0.2, 0.25) is 0 Å². The smallest absolute Gasteiger partial charge is 0.312 e. The molecule has 1 aliphatic rings. The van der Waals surface area contributed by atoms with Crippen molar-refractivity contribution < 1.29 is 14.6 Å². The lowest BCUT2D eigenvalue weighted by molar-refractivity contribution is -0.136. The molecule has 3 heteroatoms. The molecular weight excluding hydrogens is 204 g/mol. The number of benzene rings is 1. The lowest BCUT2D eigenvalue weighted by Crippen LogP contribution is -2.31. The molecule has 0 saturated heterocycles. The summed E-state index contributed by atoms with van der Waals surface area (Å²) in [5.41, 5.74) is 2.21. The summed E-state index contributed by atoms with van der Waals surface area (Å²) < 4.78 is 5.23. The third-order valence-corrected chi connectivity index (χ3v) is 3.18. The Bertz CT molecular complexity index is 473. The van der Waals surface area contributed by atoms with Gasteiger partial charge in [0.2, 0.25) is 0 Å². The Morgan fingerprint density at radius 2 is 2.00 bits per heavy atom. The summed E-state index contributed by atoms with van der Waals surface area (Å²) in [6, 6.07) is 1.73. The lowest BCUT2D eigenvalue weighted by atomic mass is 9.76. The monoisotopic (exact) mass is 220 g/mol. The molecule has 0 radical (unpaired) electrons. The number of aryl methyl sites for hydroxylation is 1. The number of aromatic hydroxyl groups is 1. The number of ether oxygens (including phenoxy) is 1. The van der Waals surface area contributed by atoms with Crippen LogP contribution in [-0.2, 0) is 10.2 Å². The van der Waals surface area contributed by atoms with Crippen molar-refractivity contribution in [1.29, 1.82) is 0 Å². The van der Waals surface area contributed by atoms with Gasteiger partial charge in [-0.3, -0.25) is 4.79 Å². The van der Waals surface area contributed by atoms with Crippen molar-refractivity contribution in [2.75, 3.05) is 0 Å². The number of esters is 1. The van der Waals surface area contributed by atoms with Gasteiger partial charge in [-0.15, -0.1) is 0 Å². The van der Waals surface area contributed by atoms with Crippen molar-refractivity contribution in [3.63, 3.8) is 0 Å². The van der Waals surface area contributed by atoms with Crippen molar-refractivity contribution >= 4 is 5.97 Å². The normalized spacial score (nSPS) is 17.9. The van der Waals surface area contributed by atoms with Crippen LogP contribution in [0.15, 0.2) is 6.07 Å². The van der Waals surface area contributed by atoms with Gasteiger partial charge in [0.05, 0.1) is 6.42 Å². The highest BCUT2D eigenvalue weighted by atomic mass is 16.5. The Balaban J connectivity index is 2.74. The zero-order valence-corrected chi connectivity index (χ0v) is 10.0. The molecule has 1 aromatic carbocycles. The minimum Gasteiger partial charge on any atom is -0.507 e. The van der Waals surface area contributed by atoms with E-state index in [2.05, 4.69) is 0 Å². The third-order valence-electron chi connectivity index (χ3n) is 3.18. The quantitative estimate of drug-likeness (QED) is 0.540. The van der Waals surface area contributed by atoms with Crippen LogP contribution in [0.4, 0.5) is 0 Å². The first-order valence-electron chi connectivity index (χ1n) is 5.37. The maximum atomic E-state index is 11.5. The van der Waals surface area contributed by atoms with E-state index in [1.165, 1.54) is 0 Å². The minimum atomic E-state index is -0.278. The zero-order valence-electron chi connectivity index (χ0n) is 10.0. The van der Waals surface area contributed by atoms with Crippen LogP contribution in [-0.4, -0.2) is 11.1 Å². The largest absolute Gasteiger partial charge is 0.507 e. The van der Waals surface area contributed by atoms with E-state index in [4.69, 9.17) is 4.74 Å². The molecule has 0 amide bonds. The predicted molar refractivity (Wildman–Crippen MR) is 60.9 cm³/mol. The number of hydrogen-bond donors (Lipinski definition) is 1. The van der Waals surface area contributed by atoms with Gasteiger partial charge in [0.15, 0.2) is 0 Å². The molecule has 1 aliphatic heterocycles. The molecule has 0 atom stereocenters. The van der Waals surface area contributed by atoms with Gasteiger partial charge in [-0.05, 0) is 31.0 Å². The molecule has 0 aliphatic carbocycles.